The standard InChI is InChI=1S/C14H23NO2S/c1-14(2,3)7-8-15-10-12-6-5-11(18-12)9-13(16)17-4/h5-6,15H,7-10H2,1-4H3. The second kappa shape index (κ2) is 6.90. The summed E-state index contributed by atoms with van der Waals surface area (Å²) in [4.78, 5) is 13.5. The van der Waals surface area contributed by atoms with Gasteiger partial charge in [0.05, 0.1) is 13.5 Å². The highest BCUT2D eigenvalue weighted by molar-refractivity contribution is 7.12. The Morgan fingerprint density at radius 2 is 2.00 bits per heavy atom. The fourth-order valence-corrected chi connectivity index (χ4v) is 2.47. The number of carbonyl (C=O) groups excluding carboxylic acids is 1. The minimum Gasteiger partial charge on any atom is -0.469 e. The molecule has 0 saturated heterocycles. The smallest absolute Gasteiger partial charge is 0.310 e. The zero-order valence-electron chi connectivity index (χ0n) is 11.7. The molecule has 0 spiro atoms. The molecule has 102 valence electrons. The van der Waals surface area contributed by atoms with E-state index in [0.717, 1.165) is 24.4 Å². The third-order valence-corrected chi connectivity index (χ3v) is 3.70. The summed E-state index contributed by atoms with van der Waals surface area (Å²) in [6, 6.07) is 4.08. The summed E-state index contributed by atoms with van der Waals surface area (Å²) in [6.45, 7) is 8.63. The second-order valence-corrected chi connectivity index (χ2v) is 6.86. The molecule has 1 aromatic rings. The molecule has 3 nitrogen and oxygen atoms in total. The summed E-state index contributed by atoms with van der Waals surface area (Å²) >= 11 is 1.67. The van der Waals surface area contributed by atoms with Gasteiger partial charge >= 0.3 is 5.97 Å². The van der Waals surface area contributed by atoms with Gasteiger partial charge in [-0.2, -0.15) is 0 Å². The zero-order valence-corrected chi connectivity index (χ0v) is 12.5. The number of thiophene rings is 1. The fraction of sp³-hybridized carbons (Fsp3) is 0.643. The highest BCUT2D eigenvalue weighted by Crippen LogP contribution is 2.19. The van der Waals surface area contributed by atoms with Crippen LogP contribution in [0.4, 0.5) is 0 Å². The van der Waals surface area contributed by atoms with Crippen LogP contribution in [0, 0.1) is 5.41 Å². The highest BCUT2D eigenvalue weighted by atomic mass is 32.1. The fourth-order valence-electron chi connectivity index (χ4n) is 1.50. The molecule has 0 aliphatic heterocycles. The Kier molecular flexibility index (Phi) is 5.82. The van der Waals surface area contributed by atoms with E-state index in [2.05, 4.69) is 36.9 Å². The van der Waals surface area contributed by atoms with Gasteiger partial charge in [0.15, 0.2) is 0 Å². The predicted octanol–water partition coefficient (Wildman–Crippen LogP) is 2.99. The van der Waals surface area contributed by atoms with Crippen molar-refractivity contribution in [2.75, 3.05) is 13.7 Å². The van der Waals surface area contributed by atoms with Crippen LogP contribution in [0.25, 0.3) is 0 Å². The van der Waals surface area contributed by atoms with Crippen LogP contribution in [0.3, 0.4) is 0 Å². The molecule has 0 saturated carbocycles. The first-order chi connectivity index (χ1) is 8.40. The number of hydrogen-bond donors (Lipinski definition) is 1. The van der Waals surface area contributed by atoms with Crippen molar-refractivity contribution in [2.24, 2.45) is 5.41 Å². The van der Waals surface area contributed by atoms with Crippen LogP contribution in [-0.2, 0) is 22.5 Å². The normalized spacial score (nSPS) is 11.6. The van der Waals surface area contributed by atoms with Gasteiger partial charge in [0.1, 0.15) is 0 Å². The highest BCUT2D eigenvalue weighted by Gasteiger charge is 2.09. The summed E-state index contributed by atoms with van der Waals surface area (Å²) in [5.41, 5.74) is 0.374. The summed E-state index contributed by atoms with van der Waals surface area (Å²) < 4.78 is 4.65. The lowest BCUT2D eigenvalue weighted by Gasteiger charge is -2.17. The van der Waals surface area contributed by atoms with E-state index in [0.29, 0.717) is 11.8 Å². The molecular formula is C14H23NO2S. The Morgan fingerprint density at radius 3 is 2.61 bits per heavy atom. The number of hydrogen-bond acceptors (Lipinski definition) is 4. The lowest BCUT2D eigenvalue weighted by molar-refractivity contribution is -0.139. The lowest BCUT2D eigenvalue weighted by Crippen LogP contribution is -2.19. The minimum absolute atomic E-state index is 0.177. The molecule has 0 atom stereocenters. The van der Waals surface area contributed by atoms with E-state index in [1.165, 1.54) is 12.0 Å². The second-order valence-electron chi connectivity index (χ2n) is 5.61. The van der Waals surface area contributed by atoms with Crippen molar-refractivity contribution < 1.29 is 9.53 Å². The summed E-state index contributed by atoms with van der Waals surface area (Å²) in [5, 5.41) is 3.43. The molecule has 1 rings (SSSR count). The van der Waals surface area contributed by atoms with Gasteiger partial charge in [0.25, 0.3) is 0 Å². The summed E-state index contributed by atoms with van der Waals surface area (Å²) in [7, 11) is 1.42. The number of ether oxygens (including phenoxy) is 1. The molecular weight excluding hydrogens is 246 g/mol. The topological polar surface area (TPSA) is 38.3 Å². The van der Waals surface area contributed by atoms with Gasteiger partial charge < -0.3 is 10.1 Å². The molecule has 0 bridgehead atoms. The Balaban J connectivity index is 2.29. The van der Waals surface area contributed by atoms with Crippen molar-refractivity contribution in [3.8, 4) is 0 Å². The largest absolute Gasteiger partial charge is 0.469 e. The van der Waals surface area contributed by atoms with E-state index < -0.39 is 0 Å². The van der Waals surface area contributed by atoms with Crippen LogP contribution in [0.5, 0.6) is 0 Å². The zero-order chi connectivity index (χ0) is 13.6. The molecule has 18 heavy (non-hydrogen) atoms. The summed E-state index contributed by atoms with van der Waals surface area (Å²) in [6.07, 6.45) is 1.54. The maximum absolute atomic E-state index is 11.1. The van der Waals surface area contributed by atoms with E-state index in [9.17, 15) is 4.79 Å². The van der Waals surface area contributed by atoms with Gasteiger partial charge in [0, 0.05) is 16.3 Å². The maximum Gasteiger partial charge on any atom is 0.310 e. The number of methoxy groups -OCH3 is 1. The van der Waals surface area contributed by atoms with E-state index in [1.807, 2.05) is 6.07 Å². The van der Waals surface area contributed by atoms with Crippen LogP contribution >= 0.6 is 11.3 Å². The number of carbonyl (C=O) groups is 1. The van der Waals surface area contributed by atoms with Crippen molar-refractivity contribution in [1.29, 1.82) is 0 Å². The monoisotopic (exact) mass is 269 g/mol. The van der Waals surface area contributed by atoms with Crippen molar-refractivity contribution in [1.82, 2.24) is 5.32 Å². The molecule has 1 N–H and O–H groups in total. The maximum atomic E-state index is 11.1. The molecule has 0 aliphatic carbocycles. The molecule has 0 radical (unpaired) electrons. The Labute approximate surface area is 114 Å². The molecule has 0 unspecified atom stereocenters. The van der Waals surface area contributed by atoms with E-state index in [1.54, 1.807) is 11.3 Å². The Morgan fingerprint density at radius 1 is 1.33 bits per heavy atom. The van der Waals surface area contributed by atoms with Gasteiger partial charge in [-0.3, -0.25) is 4.79 Å². The average Bonchev–Trinajstić information content (AvgIpc) is 2.71. The molecule has 4 heteroatoms. The van der Waals surface area contributed by atoms with Gasteiger partial charge in [-0.25, -0.2) is 0 Å². The molecule has 0 aliphatic rings. The number of esters is 1. The molecule has 0 fully saturated rings. The molecule has 0 aromatic carbocycles. The quantitative estimate of drug-likeness (QED) is 0.637. The van der Waals surface area contributed by atoms with E-state index >= 15 is 0 Å². The van der Waals surface area contributed by atoms with Crippen molar-refractivity contribution in [3.05, 3.63) is 21.9 Å². The van der Waals surface area contributed by atoms with Crippen LogP contribution in [0.1, 0.15) is 36.9 Å². The van der Waals surface area contributed by atoms with Crippen molar-refractivity contribution in [2.45, 2.75) is 40.2 Å². The molecule has 0 amide bonds. The van der Waals surface area contributed by atoms with Gasteiger partial charge in [0.2, 0.25) is 0 Å². The van der Waals surface area contributed by atoms with E-state index in [-0.39, 0.29) is 5.97 Å². The van der Waals surface area contributed by atoms with Crippen LogP contribution < -0.4 is 5.32 Å². The van der Waals surface area contributed by atoms with Crippen molar-refractivity contribution in [3.63, 3.8) is 0 Å². The van der Waals surface area contributed by atoms with E-state index in [4.69, 9.17) is 0 Å². The van der Waals surface area contributed by atoms with Crippen molar-refractivity contribution >= 4 is 17.3 Å². The Bertz CT molecular complexity index is 379. The molecule has 1 heterocycles. The number of nitrogens with one attached hydrogen (secondary N) is 1. The summed E-state index contributed by atoms with van der Waals surface area (Å²) in [5.74, 6) is -0.177. The average molecular weight is 269 g/mol. The van der Waals surface area contributed by atoms with Crippen LogP contribution in [-0.4, -0.2) is 19.6 Å². The van der Waals surface area contributed by atoms with Gasteiger partial charge in [-0.05, 0) is 30.5 Å². The SMILES string of the molecule is COC(=O)Cc1ccc(CNCCC(C)(C)C)s1. The third kappa shape index (κ3) is 6.17. The first-order valence-corrected chi connectivity index (χ1v) is 7.07. The van der Waals surface area contributed by atoms with Gasteiger partial charge in [-0.1, -0.05) is 20.8 Å². The molecule has 1 aromatic heterocycles. The van der Waals surface area contributed by atoms with Gasteiger partial charge in [-0.15, -0.1) is 11.3 Å². The first kappa shape index (κ1) is 15.2. The number of rotatable bonds is 6. The predicted molar refractivity (Wildman–Crippen MR) is 75.8 cm³/mol. The third-order valence-electron chi connectivity index (χ3n) is 2.61. The minimum atomic E-state index is -0.177. The van der Waals surface area contributed by atoms with Crippen LogP contribution in [0.2, 0.25) is 0 Å². The lowest BCUT2D eigenvalue weighted by atomic mass is 9.92. The Hall–Kier alpha value is -0.870. The van der Waals surface area contributed by atoms with Crippen LogP contribution in [0.15, 0.2) is 12.1 Å². The first-order valence-electron chi connectivity index (χ1n) is 6.26.